The van der Waals surface area contributed by atoms with Gasteiger partial charge >= 0.3 is 0 Å². The molecule has 0 radical (unpaired) electrons. The molecule has 0 aromatic heterocycles. The van der Waals surface area contributed by atoms with E-state index in [2.05, 4.69) is 9.24 Å². The van der Waals surface area contributed by atoms with E-state index in [1.165, 1.54) is 6.92 Å². The van der Waals surface area contributed by atoms with E-state index in [0.29, 0.717) is 0 Å². The lowest BCUT2D eigenvalue weighted by atomic mass is 10.2. The van der Waals surface area contributed by atoms with Crippen LogP contribution >= 0.6 is 9.24 Å². The van der Waals surface area contributed by atoms with Gasteiger partial charge in [0, 0.05) is 0 Å². The van der Waals surface area contributed by atoms with E-state index >= 15 is 0 Å². The topological polar surface area (TPSA) is 26.0 Å². The van der Waals surface area contributed by atoms with Crippen LogP contribution in [0.3, 0.4) is 0 Å². The van der Waals surface area contributed by atoms with Gasteiger partial charge in [-0.15, -0.1) is 0 Å². The summed E-state index contributed by atoms with van der Waals surface area (Å²) in [5, 5.41) is -1.26. The monoisotopic (exact) mass is 135 g/mol. The molecule has 0 bridgehead atoms. The van der Waals surface area contributed by atoms with Crippen LogP contribution in [-0.4, -0.2) is 10.9 Å². The SMILES string of the molecule is CC(F)(P)C1(N)CC1. The Bertz CT molecular complexity index is 100. The first-order valence-electron chi connectivity index (χ1n) is 2.72. The van der Waals surface area contributed by atoms with Gasteiger partial charge < -0.3 is 5.73 Å². The van der Waals surface area contributed by atoms with Crippen LogP contribution in [0.15, 0.2) is 0 Å². The van der Waals surface area contributed by atoms with Gasteiger partial charge in [-0.3, -0.25) is 0 Å². The summed E-state index contributed by atoms with van der Waals surface area (Å²) in [5.41, 5.74) is 5.01. The van der Waals surface area contributed by atoms with Crippen molar-refractivity contribution in [3.63, 3.8) is 0 Å². The molecule has 1 rings (SSSR count). The molecule has 3 heteroatoms. The standard InChI is InChI=1S/C5H11FNP/c1-4(6,8)5(7)2-3-5/h2-3,7-8H2,1H3. The molecule has 1 fully saturated rings. The van der Waals surface area contributed by atoms with Crippen molar-refractivity contribution in [1.29, 1.82) is 0 Å². The van der Waals surface area contributed by atoms with Crippen molar-refractivity contribution in [2.75, 3.05) is 0 Å². The second-order valence-corrected chi connectivity index (χ2v) is 3.82. The minimum absolute atomic E-state index is 0.516. The molecule has 1 aliphatic rings. The molecule has 0 amide bonds. The highest BCUT2D eigenvalue weighted by molar-refractivity contribution is 7.18. The molecular formula is C5H11FNP. The fraction of sp³-hybridized carbons (Fsp3) is 1.00. The van der Waals surface area contributed by atoms with Gasteiger partial charge in [0.15, 0.2) is 0 Å². The number of halogens is 1. The van der Waals surface area contributed by atoms with Crippen molar-refractivity contribution in [3.8, 4) is 0 Å². The van der Waals surface area contributed by atoms with E-state index in [0.717, 1.165) is 12.8 Å². The van der Waals surface area contributed by atoms with Crippen molar-refractivity contribution in [2.24, 2.45) is 5.73 Å². The fourth-order valence-corrected chi connectivity index (χ4v) is 0.912. The first kappa shape index (κ1) is 6.44. The molecule has 0 heterocycles. The third kappa shape index (κ3) is 0.872. The smallest absolute Gasteiger partial charge is 0.138 e. The molecule has 0 spiro atoms. The minimum Gasteiger partial charge on any atom is -0.322 e. The third-order valence-electron chi connectivity index (χ3n) is 1.76. The molecule has 0 aromatic carbocycles. The van der Waals surface area contributed by atoms with Gasteiger partial charge in [0.1, 0.15) is 5.41 Å². The lowest BCUT2D eigenvalue weighted by Gasteiger charge is -2.21. The summed E-state index contributed by atoms with van der Waals surface area (Å²) in [6.07, 6.45) is 1.65. The summed E-state index contributed by atoms with van der Waals surface area (Å²) < 4.78 is 12.8. The number of alkyl halides is 1. The highest BCUT2D eigenvalue weighted by atomic mass is 31.0. The maximum atomic E-state index is 12.8. The van der Waals surface area contributed by atoms with Gasteiger partial charge in [0.05, 0.1) is 5.54 Å². The average Bonchev–Trinajstić information content (AvgIpc) is 2.16. The van der Waals surface area contributed by atoms with Gasteiger partial charge in [-0.1, -0.05) is 9.24 Å². The predicted octanol–water partition coefficient (Wildman–Crippen LogP) is 1.04. The Morgan fingerprint density at radius 3 is 2.12 bits per heavy atom. The molecule has 0 aromatic rings. The maximum Gasteiger partial charge on any atom is 0.138 e. The molecule has 2 N–H and O–H groups in total. The van der Waals surface area contributed by atoms with Crippen LogP contribution in [0.25, 0.3) is 0 Å². The van der Waals surface area contributed by atoms with Gasteiger partial charge in [-0.25, -0.2) is 4.39 Å². The van der Waals surface area contributed by atoms with Crippen LogP contribution in [0.1, 0.15) is 19.8 Å². The lowest BCUT2D eigenvalue weighted by Crippen LogP contribution is -2.39. The average molecular weight is 135 g/mol. The van der Waals surface area contributed by atoms with Gasteiger partial charge in [-0.05, 0) is 19.8 Å². The quantitative estimate of drug-likeness (QED) is 0.534. The Morgan fingerprint density at radius 1 is 1.75 bits per heavy atom. The summed E-state index contributed by atoms with van der Waals surface area (Å²) in [6.45, 7) is 1.50. The zero-order chi connectivity index (χ0) is 6.41. The number of hydrogen-bond donors (Lipinski definition) is 1. The summed E-state index contributed by atoms with van der Waals surface area (Å²) in [5.74, 6) is 0. The van der Waals surface area contributed by atoms with Crippen molar-refractivity contribution in [3.05, 3.63) is 0 Å². The molecule has 0 saturated heterocycles. The molecule has 2 atom stereocenters. The van der Waals surface area contributed by atoms with Crippen LogP contribution in [0.2, 0.25) is 0 Å². The van der Waals surface area contributed by atoms with E-state index in [9.17, 15) is 4.39 Å². The van der Waals surface area contributed by atoms with Crippen molar-refractivity contribution < 1.29 is 4.39 Å². The molecular weight excluding hydrogens is 124 g/mol. The summed E-state index contributed by atoms with van der Waals surface area (Å²) in [6, 6.07) is 0. The molecule has 8 heavy (non-hydrogen) atoms. The summed E-state index contributed by atoms with van der Waals surface area (Å²) >= 11 is 0. The second kappa shape index (κ2) is 1.43. The molecule has 1 aliphatic carbocycles. The van der Waals surface area contributed by atoms with Crippen molar-refractivity contribution >= 4 is 9.24 Å². The number of rotatable bonds is 1. The lowest BCUT2D eigenvalue weighted by molar-refractivity contribution is 0.248. The number of hydrogen-bond acceptors (Lipinski definition) is 1. The number of nitrogens with two attached hydrogens (primary N) is 1. The minimum atomic E-state index is -1.26. The van der Waals surface area contributed by atoms with Crippen LogP contribution in [0.4, 0.5) is 4.39 Å². The molecule has 2 unspecified atom stereocenters. The van der Waals surface area contributed by atoms with E-state index in [1.54, 1.807) is 0 Å². The Labute approximate surface area is 51.0 Å². The van der Waals surface area contributed by atoms with E-state index in [1.807, 2.05) is 0 Å². The molecule has 0 aliphatic heterocycles. The fourth-order valence-electron chi connectivity index (χ4n) is 0.623. The Hall–Kier alpha value is 0.320. The highest BCUT2D eigenvalue weighted by Gasteiger charge is 2.52. The molecule has 1 saturated carbocycles. The highest BCUT2D eigenvalue weighted by Crippen LogP contribution is 2.47. The van der Waals surface area contributed by atoms with E-state index < -0.39 is 10.9 Å². The van der Waals surface area contributed by atoms with E-state index in [4.69, 9.17) is 5.73 Å². The second-order valence-electron chi connectivity index (χ2n) is 2.73. The van der Waals surface area contributed by atoms with Crippen LogP contribution < -0.4 is 5.73 Å². The van der Waals surface area contributed by atoms with Crippen LogP contribution in [0.5, 0.6) is 0 Å². The van der Waals surface area contributed by atoms with Gasteiger partial charge in [-0.2, -0.15) is 0 Å². The zero-order valence-electron chi connectivity index (χ0n) is 4.95. The Kier molecular flexibility index (Phi) is 1.15. The van der Waals surface area contributed by atoms with Gasteiger partial charge in [0.2, 0.25) is 0 Å². The zero-order valence-corrected chi connectivity index (χ0v) is 6.10. The van der Waals surface area contributed by atoms with Gasteiger partial charge in [0.25, 0.3) is 0 Å². The normalized spacial score (nSPS) is 31.5. The largest absolute Gasteiger partial charge is 0.322 e. The summed E-state index contributed by atoms with van der Waals surface area (Å²) in [7, 11) is 2.13. The Morgan fingerprint density at radius 2 is 2.12 bits per heavy atom. The summed E-state index contributed by atoms with van der Waals surface area (Å²) in [4.78, 5) is 0. The maximum absolute atomic E-state index is 12.8. The first-order chi connectivity index (χ1) is 3.46. The van der Waals surface area contributed by atoms with E-state index in [-0.39, 0.29) is 0 Å². The molecule has 1 nitrogen and oxygen atoms in total. The van der Waals surface area contributed by atoms with Crippen LogP contribution in [-0.2, 0) is 0 Å². The predicted molar refractivity (Wildman–Crippen MR) is 35.4 cm³/mol. The third-order valence-corrected chi connectivity index (χ3v) is 2.34. The first-order valence-corrected chi connectivity index (χ1v) is 3.30. The van der Waals surface area contributed by atoms with Crippen LogP contribution in [0, 0.1) is 0 Å². The van der Waals surface area contributed by atoms with Crippen molar-refractivity contribution in [2.45, 2.75) is 30.7 Å². The molecule has 48 valence electrons. The van der Waals surface area contributed by atoms with Crippen molar-refractivity contribution in [1.82, 2.24) is 0 Å². The Balaban J connectivity index is 2.58.